The van der Waals surface area contributed by atoms with Crippen LogP contribution in [0.1, 0.15) is 31.2 Å². The van der Waals surface area contributed by atoms with Gasteiger partial charge in [-0.05, 0) is 37.2 Å². The van der Waals surface area contributed by atoms with Gasteiger partial charge in [0.05, 0.1) is 16.8 Å². The highest BCUT2D eigenvalue weighted by Gasteiger charge is 2.45. The molecule has 2 aliphatic rings. The fourth-order valence-corrected chi connectivity index (χ4v) is 3.53. The minimum Gasteiger partial charge on any atom is -0.369 e. The van der Waals surface area contributed by atoms with Crippen molar-refractivity contribution < 1.29 is 0 Å². The van der Waals surface area contributed by atoms with E-state index in [1.54, 1.807) is 6.20 Å². The van der Waals surface area contributed by atoms with E-state index in [1.807, 2.05) is 18.2 Å². The number of rotatable bonds is 1. The van der Waals surface area contributed by atoms with Gasteiger partial charge in [-0.25, -0.2) is 0 Å². The van der Waals surface area contributed by atoms with E-state index in [0.29, 0.717) is 11.0 Å². The van der Waals surface area contributed by atoms with E-state index >= 15 is 0 Å². The first-order valence-electron chi connectivity index (χ1n) is 7.34. The molecule has 0 amide bonds. The molecule has 0 atom stereocenters. The molecule has 0 unspecified atom stereocenters. The topological polar surface area (TPSA) is 39.9 Å². The molecule has 0 radical (unpaired) electrons. The molecule has 1 spiro atoms. The molecule has 3 heteroatoms. The van der Waals surface area contributed by atoms with Crippen LogP contribution in [0.25, 0.3) is 10.9 Å². The molecule has 1 aliphatic carbocycles. The van der Waals surface area contributed by atoms with Crippen LogP contribution >= 0.6 is 0 Å². The Morgan fingerprint density at radius 1 is 1.20 bits per heavy atom. The lowest BCUT2D eigenvalue weighted by Gasteiger charge is -2.35. The van der Waals surface area contributed by atoms with Crippen molar-refractivity contribution in [3.8, 4) is 6.07 Å². The fourth-order valence-electron chi connectivity index (χ4n) is 3.53. The summed E-state index contributed by atoms with van der Waals surface area (Å²) in [4.78, 5) is 6.84. The maximum atomic E-state index is 9.44. The van der Waals surface area contributed by atoms with Gasteiger partial charge >= 0.3 is 0 Å². The molecule has 1 saturated heterocycles. The highest BCUT2D eigenvalue weighted by molar-refractivity contribution is 5.94. The highest BCUT2D eigenvalue weighted by atomic mass is 15.2. The van der Waals surface area contributed by atoms with Crippen molar-refractivity contribution >= 4 is 16.6 Å². The smallest absolute Gasteiger partial charge is 0.103 e. The van der Waals surface area contributed by atoms with Crippen LogP contribution in [0, 0.1) is 16.7 Å². The number of benzene rings is 1. The quantitative estimate of drug-likeness (QED) is 0.790. The van der Waals surface area contributed by atoms with Crippen molar-refractivity contribution in [3.63, 3.8) is 0 Å². The summed E-state index contributed by atoms with van der Waals surface area (Å²) < 4.78 is 0. The van der Waals surface area contributed by atoms with E-state index in [2.05, 4.69) is 22.0 Å². The molecular formula is C17H17N3. The van der Waals surface area contributed by atoms with Crippen molar-refractivity contribution in [1.82, 2.24) is 4.98 Å². The Kier molecular flexibility index (Phi) is 2.47. The predicted octanol–water partition coefficient (Wildman–Crippen LogP) is 3.49. The van der Waals surface area contributed by atoms with E-state index in [0.717, 1.165) is 29.7 Å². The lowest BCUT2D eigenvalue weighted by Crippen LogP contribution is -2.37. The van der Waals surface area contributed by atoms with Gasteiger partial charge in [-0.2, -0.15) is 5.26 Å². The molecular weight excluding hydrogens is 246 g/mol. The van der Waals surface area contributed by atoms with Gasteiger partial charge in [0.1, 0.15) is 6.07 Å². The Bertz CT molecular complexity index is 710. The highest BCUT2D eigenvalue weighted by Crippen LogP contribution is 2.53. The molecule has 2 fully saturated rings. The number of piperidine rings is 1. The monoisotopic (exact) mass is 263 g/mol. The van der Waals surface area contributed by atoms with Gasteiger partial charge < -0.3 is 4.90 Å². The van der Waals surface area contributed by atoms with Crippen LogP contribution < -0.4 is 4.90 Å². The summed E-state index contributed by atoms with van der Waals surface area (Å²) in [6, 6.07) is 10.5. The maximum absolute atomic E-state index is 9.44. The van der Waals surface area contributed by atoms with Crippen LogP contribution in [-0.2, 0) is 0 Å². The minimum atomic E-state index is 0.551. The van der Waals surface area contributed by atoms with Gasteiger partial charge in [0.15, 0.2) is 0 Å². The molecule has 2 heterocycles. The molecule has 3 nitrogen and oxygen atoms in total. The SMILES string of the molecule is N#Cc1cnc2ccccc2c1N1CCCC2(CC2)C1. The molecule has 100 valence electrons. The van der Waals surface area contributed by atoms with E-state index < -0.39 is 0 Å². The number of pyridine rings is 1. The summed E-state index contributed by atoms with van der Waals surface area (Å²) >= 11 is 0. The number of nitriles is 1. The van der Waals surface area contributed by atoms with E-state index in [4.69, 9.17) is 0 Å². The molecule has 0 bridgehead atoms. The molecule has 2 aromatic rings. The Morgan fingerprint density at radius 3 is 2.85 bits per heavy atom. The van der Waals surface area contributed by atoms with Crippen LogP contribution in [0.15, 0.2) is 30.5 Å². The number of hydrogen-bond acceptors (Lipinski definition) is 3. The molecule has 0 N–H and O–H groups in total. The van der Waals surface area contributed by atoms with Crippen LogP contribution in [0.4, 0.5) is 5.69 Å². The zero-order chi connectivity index (χ0) is 13.6. The van der Waals surface area contributed by atoms with Crippen LogP contribution in [0.5, 0.6) is 0 Å². The number of anilines is 1. The Labute approximate surface area is 118 Å². The van der Waals surface area contributed by atoms with Gasteiger partial charge in [0.2, 0.25) is 0 Å². The van der Waals surface area contributed by atoms with Gasteiger partial charge in [-0.1, -0.05) is 18.2 Å². The average Bonchev–Trinajstić information content (AvgIpc) is 3.24. The van der Waals surface area contributed by atoms with Crippen molar-refractivity contribution in [2.75, 3.05) is 18.0 Å². The summed E-state index contributed by atoms with van der Waals surface area (Å²) in [6.45, 7) is 2.17. The third-order valence-corrected chi connectivity index (χ3v) is 4.80. The molecule has 1 aliphatic heterocycles. The summed E-state index contributed by atoms with van der Waals surface area (Å²) in [5.74, 6) is 0. The standard InChI is InChI=1S/C17H17N3/c18-10-13-11-19-15-5-2-1-4-14(15)16(13)20-9-3-6-17(12-20)7-8-17/h1-2,4-5,11H,3,6-9,12H2. The van der Waals surface area contributed by atoms with Crippen LogP contribution in [0.3, 0.4) is 0 Å². The first-order valence-corrected chi connectivity index (χ1v) is 7.34. The first-order chi connectivity index (χ1) is 9.81. The Morgan fingerprint density at radius 2 is 2.05 bits per heavy atom. The third kappa shape index (κ3) is 1.76. The summed E-state index contributed by atoms with van der Waals surface area (Å²) in [5, 5.41) is 10.6. The molecule has 4 rings (SSSR count). The normalized spacial score (nSPS) is 20.1. The van der Waals surface area contributed by atoms with Crippen molar-refractivity contribution in [2.24, 2.45) is 5.41 Å². The van der Waals surface area contributed by atoms with E-state index in [9.17, 15) is 5.26 Å². The lowest BCUT2D eigenvalue weighted by atomic mass is 9.93. The van der Waals surface area contributed by atoms with Gasteiger partial charge in [-0.15, -0.1) is 0 Å². The van der Waals surface area contributed by atoms with Crippen molar-refractivity contribution in [2.45, 2.75) is 25.7 Å². The van der Waals surface area contributed by atoms with Gasteiger partial charge in [-0.3, -0.25) is 4.98 Å². The Hall–Kier alpha value is -2.08. The second-order valence-electron chi connectivity index (χ2n) is 6.17. The second-order valence-corrected chi connectivity index (χ2v) is 6.17. The van der Waals surface area contributed by atoms with E-state index in [-0.39, 0.29) is 0 Å². The zero-order valence-electron chi connectivity index (χ0n) is 11.5. The fraction of sp³-hybridized carbons (Fsp3) is 0.412. The third-order valence-electron chi connectivity index (χ3n) is 4.80. The van der Waals surface area contributed by atoms with E-state index in [1.165, 1.54) is 25.7 Å². The molecule has 1 aromatic carbocycles. The number of aromatic nitrogens is 1. The van der Waals surface area contributed by atoms with Crippen molar-refractivity contribution in [3.05, 3.63) is 36.0 Å². The number of hydrogen-bond donors (Lipinski definition) is 0. The zero-order valence-corrected chi connectivity index (χ0v) is 11.5. The largest absolute Gasteiger partial charge is 0.369 e. The molecule has 1 aromatic heterocycles. The predicted molar refractivity (Wildman–Crippen MR) is 79.6 cm³/mol. The lowest BCUT2D eigenvalue weighted by molar-refractivity contribution is 0.395. The molecule has 20 heavy (non-hydrogen) atoms. The first kappa shape index (κ1) is 11.7. The summed E-state index contributed by atoms with van der Waals surface area (Å²) in [7, 11) is 0. The molecule has 1 saturated carbocycles. The number of para-hydroxylation sites is 1. The Balaban J connectivity index is 1.86. The van der Waals surface area contributed by atoms with Crippen LogP contribution in [0.2, 0.25) is 0 Å². The summed E-state index contributed by atoms with van der Waals surface area (Å²) in [5.41, 5.74) is 3.34. The average molecular weight is 263 g/mol. The number of nitrogens with zero attached hydrogens (tertiary/aromatic N) is 3. The van der Waals surface area contributed by atoms with Gasteiger partial charge in [0.25, 0.3) is 0 Å². The van der Waals surface area contributed by atoms with Crippen LogP contribution in [-0.4, -0.2) is 18.1 Å². The minimum absolute atomic E-state index is 0.551. The summed E-state index contributed by atoms with van der Waals surface area (Å²) in [6.07, 6.45) is 7.03. The maximum Gasteiger partial charge on any atom is 0.103 e. The van der Waals surface area contributed by atoms with Gasteiger partial charge in [0, 0.05) is 24.7 Å². The van der Waals surface area contributed by atoms with Crippen molar-refractivity contribution in [1.29, 1.82) is 5.26 Å². The number of fused-ring (bicyclic) bond motifs is 1. The second kappa shape index (κ2) is 4.21.